The van der Waals surface area contributed by atoms with Crippen molar-refractivity contribution in [1.82, 2.24) is 20.5 Å². The Balaban J connectivity index is 0.000000261. The third-order valence-corrected chi connectivity index (χ3v) is 12.6. The number of aliphatic imine (C=N–C) groups is 1. The maximum Gasteiger partial charge on any atom is 0.326 e. The predicted octanol–water partition coefficient (Wildman–Crippen LogP) is 9.46. The molecule has 1 aliphatic heterocycles. The topological polar surface area (TPSA) is 213 Å². The van der Waals surface area contributed by atoms with Gasteiger partial charge in [-0.25, -0.2) is 14.6 Å². The zero-order valence-electron chi connectivity index (χ0n) is 39.5. The maximum atomic E-state index is 12.3. The third-order valence-electron chi connectivity index (χ3n) is 10.4. The molecule has 2 heterocycles. The van der Waals surface area contributed by atoms with Gasteiger partial charge in [-0.1, -0.05) is 67.5 Å². The van der Waals surface area contributed by atoms with Gasteiger partial charge in [-0.15, -0.1) is 0 Å². The van der Waals surface area contributed by atoms with Crippen molar-refractivity contribution in [2.75, 3.05) is 43.5 Å². The number of nitrogens with one attached hydrogen (secondary N) is 4. The molecule has 0 saturated heterocycles. The SMILES string of the molecule is CCOC(=O)CCCOc1ccc(C[C@@H](C(=O)O)N(C(=S)Nc2ccc(Br)cc2)C(C)(C)C)cc1.O=C(CCCOc1ccc(C[C@H](Nc2nc3ccc(Br)cc3s2)C(=O)O)cc1)NC1=NCCCN1. The predicted molar refractivity (Wildman–Crippen MR) is 285 cm³/mol. The molecule has 6 N–H and O–H groups in total. The van der Waals surface area contributed by atoms with Crippen LogP contribution in [0, 0.1) is 0 Å². The lowest BCUT2D eigenvalue weighted by molar-refractivity contribution is -0.144. The summed E-state index contributed by atoms with van der Waals surface area (Å²) in [6, 6.07) is 26.2. The minimum atomic E-state index is -0.959. The molecule has 0 unspecified atom stereocenters. The first-order valence-electron chi connectivity index (χ1n) is 22.8. The summed E-state index contributed by atoms with van der Waals surface area (Å²) in [6.07, 6.45) is 3.32. The Kier molecular flexibility index (Phi) is 21.7. The van der Waals surface area contributed by atoms with E-state index in [1.165, 1.54) is 11.3 Å². The van der Waals surface area contributed by atoms with Crippen LogP contribution in [-0.4, -0.2) is 106 Å². The number of rotatable bonds is 21. The number of carbonyl (C=O) groups excluding carboxylic acids is 2. The zero-order valence-corrected chi connectivity index (χ0v) is 44.3. The number of thiazole rings is 1. The normalized spacial score (nSPS) is 13.0. The van der Waals surface area contributed by atoms with Gasteiger partial charge in [0.25, 0.3) is 0 Å². The van der Waals surface area contributed by atoms with Gasteiger partial charge in [-0.2, -0.15) is 0 Å². The molecule has 5 aromatic rings. The summed E-state index contributed by atoms with van der Waals surface area (Å²) >= 11 is 13.9. The summed E-state index contributed by atoms with van der Waals surface area (Å²) in [6.45, 7) is 10.3. The highest BCUT2D eigenvalue weighted by Gasteiger charge is 2.36. The number of halogens is 2. The van der Waals surface area contributed by atoms with E-state index < -0.39 is 29.6 Å². The van der Waals surface area contributed by atoms with Gasteiger partial charge in [0.05, 0.1) is 30.0 Å². The summed E-state index contributed by atoms with van der Waals surface area (Å²) in [5, 5.41) is 32.7. The van der Waals surface area contributed by atoms with Crippen LogP contribution in [0.4, 0.5) is 10.8 Å². The molecule has 0 aliphatic carbocycles. The average molecular weight is 1130 g/mol. The number of aliphatic carboxylic acids is 2. The molecule has 0 saturated carbocycles. The van der Waals surface area contributed by atoms with Gasteiger partial charge < -0.3 is 45.3 Å². The van der Waals surface area contributed by atoms with Gasteiger partial charge in [0.2, 0.25) is 5.91 Å². The second-order valence-corrected chi connectivity index (χ2v) is 20.2. The van der Waals surface area contributed by atoms with Crippen LogP contribution < -0.4 is 30.7 Å². The van der Waals surface area contributed by atoms with Crippen molar-refractivity contribution in [3.8, 4) is 11.5 Å². The monoisotopic (exact) mass is 1120 g/mol. The van der Waals surface area contributed by atoms with E-state index >= 15 is 0 Å². The number of hydrogen-bond acceptors (Lipinski definition) is 13. The highest BCUT2D eigenvalue weighted by atomic mass is 79.9. The molecule has 20 heteroatoms. The molecule has 0 fully saturated rings. The number of guanidine groups is 1. The van der Waals surface area contributed by atoms with Crippen molar-refractivity contribution in [2.45, 2.75) is 90.3 Å². The lowest BCUT2D eigenvalue weighted by atomic mass is 9.98. The molecule has 1 aliphatic rings. The summed E-state index contributed by atoms with van der Waals surface area (Å²) in [5.74, 6) is -0.360. The van der Waals surface area contributed by atoms with E-state index in [1.807, 2.05) is 99.6 Å². The molecule has 2 atom stereocenters. The Bertz CT molecular complexity index is 2560. The van der Waals surface area contributed by atoms with Gasteiger partial charge >= 0.3 is 17.9 Å². The smallest absolute Gasteiger partial charge is 0.326 e. The molecule has 16 nitrogen and oxygen atoms in total. The molecule has 0 radical (unpaired) electrons. The number of aromatic nitrogens is 1. The zero-order chi connectivity index (χ0) is 50.6. The fourth-order valence-electron chi connectivity index (χ4n) is 7.00. The van der Waals surface area contributed by atoms with Crippen LogP contribution in [0.2, 0.25) is 0 Å². The first-order valence-corrected chi connectivity index (χ1v) is 25.6. The van der Waals surface area contributed by atoms with Crippen molar-refractivity contribution >= 4 is 111 Å². The number of nitrogens with zero attached hydrogens (tertiary/aromatic N) is 3. The Hall–Kier alpha value is -5.83. The molecular weight excluding hydrogens is 1070 g/mol. The summed E-state index contributed by atoms with van der Waals surface area (Å²) in [5.41, 5.74) is 2.77. The lowest BCUT2D eigenvalue weighted by Crippen LogP contribution is -2.56. The molecule has 0 spiro atoms. The first-order chi connectivity index (χ1) is 33.5. The standard InChI is InChI=1S/C26H33BrN2O5S.C24H26BrN5O4S/c1-5-33-23(30)7-6-16-34-21-14-8-18(9-15-21)17-22(24(31)32)29(26(2,3)4)25(35)28-20-12-10-19(27)11-13-20;25-16-6-9-18-20(14-16)35-24(28-18)29-19(22(32)33)13-15-4-7-17(8-5-15)34-12-1-3-21(31)30-23-26-10-2-11-27-23/h8-15,22H,5-7,16-17H2,1-4H3,(H,28,35)(H,31,32);4-9,14,19H,1-3,10-13H2,(H,28,29)(H,32,33)(H2,26,27,30,31)/t22-;19-/m00/s1. The number of amides is 1. The van der Waals surface area contributed by atoms with Crippen molar-refractivity contribution in [1.29, 1.82) is 0 Å². The van der Waals surface area contributed by atoms with E-state index in [9.17, 15) is 29.4 Å². The van der Waals surface area contributed by atoms with Gasteiger partial charge in [0.1, 0.15) is 23.6 Å². The highest BCUT2D eigenvalue weighted by Crippen LogP contribution is 2.30. The third kappa shape index (κ3) is 18.5. The number of carbonyl (C=O) groups is 4. The maximum absolute atomic E-state index is 12.3. The highest BCUT2D eigenvalue weighted by molar-refractivity contribution is 9.10. The Labute approximate surface area is 434 Å². The number of carboxylic acid groups (broad SMARTS) is 2. The molecule has 374 valence electrons. The fourth-order valence-corrected chi connectivity index (χ4v) is 9.26. The second-order valence-electron chi connectivity index (χ2n) is 17.0. The summed E-state index contributed by atoms with van der Waals surface area (Å²) in [7, 11) is 0. The molecule has 70 heavy (non-hydrogen) atoms. The number of carboxylic acids is 2. The number of fused-ring (bicyclic) bond motifs is 1. The minimum Gasteiger partial charge on any atom is -0.494 e. The van der Waals surface area contributed by atoms with E-state index in [0.717, 1.165) is 55.5 Å². The van der Waals surface area contributed by atoms with Gasteiger partial charge in [-0.05, 0) is 137 Å². The summed E-state index contributed by atoms with van der Waals surface area (Å²) < 4.78 is 19.2. The van der Waals surface area contributed by atoms with Gasteiger partial charge in [0.15, 0.2) is 16.2 Å². The van der Waals surface area contributed by atoms with Gasteiger partial charge in [0, 0.05) is 58.9 Å². The van der Waals surface area contributed by atoms with Crippen molar-refractivity contribution in [3.05, 3.63) is 111 Å². The molecule has 1 amide bonds. The molecular formula is C50H59Br2N7O9S2. The van der Waals surface area contributed by atoms with Crippen LogP contribution in [0.3, 0.4) is 0 Å². The number of hydrogen-bond donors (Lipinski definition) is 6. The van der Waals surface area contributed by atoms with Crippen LogP contribution in [0.25, 0.3) is 10.2 Å². The number of ether oxygens (including phenoxy) is 3. The van der Waals surface area contributed by atoms with E-state index in [-0.39, 0.29) is 18.3 Å². The largest absolute Gasteiger partial charge is 0.494 e. The fraction of sp³-hybridized carbons (Fsp3) is 0.380. The molecule has 4 aromatic carbocycles. The van der Waals surface area contributed by atoms with Gasteiger partial charge in [-0.3, -0.25) is 19.9 Å². The second kappa shape index (κ2) is 27.5. The van der Waals surface area contributed by atoms with E-state index in [2.05, 4.69) is 63.1 Å². The van der Waals surface area contributed by atoms with Crippen molar-refractivity contribution < 1.29 is 43.6 Å². The average Bonchev–Trinajstić information content (AvgIpc) is 3.72. The van der Waals surface area contributed by atoms with Crippen LogP contribution in [0.15, 0.2) is 105 Å². The van der Waals surface area contributed by atoms with Crippen LogP contribution in [-0.2, 0) is 36.8 Å². The number of thiocarbonyl (C=S) groups is 1. The van der Waals surface area contributed by atoms with Crippen LogP contribution >= 0.6 is 55.4 Å². The first kappa shape index (κ1) is 55.1. The van der Waals surface area contributed by atoms with Crippen molar-refractivity contribution in [2.24, 2.45) is 4.99 Å². The number of benzene rings is 4. The summed E-state index contributed by atoms with van der Waals surface area (Å²) in [4.78, 5) is 58.0. The van der Waals surface area contributed by atoms with Crippen LogP contribution in [0.5, 0.6) is 11.5 Å². The van der Waals surface area contributed by atoms with E-state index in [1.54, 1.807) is 24.0 Å². The minimum absolute atomic E-state index is 0.0925. The Morgan fingerprint density at radius 3 is 2.01 bits per heavy atom. The Morgan fingerprint density at radius 1 is 0.829 bits per heavy atom. The lowest BCUT2D eigenvalue weighted by Gasteiger charge is -2.42. The molecule has 0 bridgehead atoms. The number of anilines is 2. The van der Waals surface area contributed by atoms with E-state index in [0.29, 0.717) is 79.6 Å². The van der Waals surface area contributed by atoms with Crippen molar-refractivity contribution in [3.63, 3.8) is 0 Å². The number of esters is 1. The Morgan fingerprint density at radius 2 is 1.44 bits per heavy atom. The van der Waals surface area contributed by atoms with Crippen LogP contribution in [0.1, 0.15) is 70.9 Å². The van der Waals surface area contributed by atoms with E-state index in [4.69, 9.17) is 26.4 Å². The molecule has 1 aromatic heterocycles. The molecule has 6 rings (SSSR count). The quantitative estimate of drug-likeness (QED) is 0.0229.